The summed E-state index contributed by atoms with van der Waals surface area (Å²) in [7, 11) is 0. The summed E-state index contributed by atoms with van der Waals surface area (Å²) in [4.78, 5) is 32.2. The van der Waals surface area contributed by atoms with Crippen molar-refractivity contribution in [2.24, 2.45) is 16.6 Å². The fourth-order valence-electron chi connectivity index (χ4n) is 4.23. The average molecular weight is 471 g/mol. The summed E-state index contributed by atoms with van der Waals surface area (Å²) >= 11 is 0. The Morgan fingerprint density at radius 2 is 1.79 bits per heavy atom. The summed E-state index contributed by atoms with van der Waals surface area (Å²) in [6.45, 7) is 14.3. The lowest BCUT2D eigenvalue weighted by Gasteiger charge is -2.22. The molecule has 1 aromatic rings. The van der Waals surface area contributed by atoms with Crippen LogP contribution in [0.1, 0.15) is 83.1 Å². The highest BCUT2D eigenvalue weighted by molar-refractivity contribution is 6.06. The SMILES string of the molecule is CCCN(CCC)C(=O)C1=Cc2ccc(C(=O)NC[C@@H](C)O[C@@H](C)CC(C)C)cc2N=C(N)C1. The van der Waals surface area contributed by atoms with Gasteiger partial charge in [0.15, 0.2) is 0 Å². The minimum Gasteiger partial charge on any atom is -0.387 e. The van der Waals surface area contributed by atoms with Gasteiger partial charge in [0, 0.05) is 42.8 Å². The highest BCUT2D eigenvalue weighted by atomic mass is 16.5. The molecule has 7 nitrogen and oxygen atoms in total. The van der Waals surface area contributed by atoms with Crippen molar-refractivity contribution in [3.8, 4) is 0 Å². The first-order chi connectivity index (χ1) is 16.1. The first-order valence-electron chi connectivity index (χ1n) is 12.5. The fourth-order valence-corrected chi connectivity index (χ4v) is 4.23. The fraction of sp³-hybridized carbons (Fsp3) is 0.593. The van der Waals surface area contributed by atoms with E-state index < -0.39 is 0 Å². The highest BCUT2D eigenvalue weighted by Crippen LogP contribution is 2.28. The molecule has 0 fully saturated rings. The summed E-state index contributed by atoms with van der Waals surface area (Å²) in [6, 6.07) is 5.31. The van der Waals surface area contributed by atoms with E-state index in [0.717, 1.165) is 24.8 Å². The topological polar surface area (TPSA) is 97.0 Å². The third-order valence-corrected chi connectivity index (χ3v) is 5.62. The molecule has 1 heterocycles. The van der Waals surface area contributed by atoms with Crippen LogP contribution in [0.15, 0.2) is 28.8 Å². The Kier molecular flexibility index (Phi) is 10.8. The second-order valence-electron chi connectivity index (χ2n) is 9.61. The van der Waals surface area contributed by atoms with Gasteiger partial charge in [0.1, 0.15) is 5.84 Å². The number of hydrogen-bond acceptors (Lipinski definition) is 5. The minimum atomic E-state index is -0.190. The molecule has 0 unspecified atom stereocenters. The van der Waals surface area contributed by atoms with E-state index in [0.29, 0.717) is 54.6 Å². The van der Waals surface area contributed by atoms with E-state index in [4.69, 9.17) is 10.5 Å². The number of carbonyl (C=O) groups excluding carboxylic acids is 2. The normalized spacial score (nSPS) is 15.0. The summed E-state index contributed by atoms with van der Waals surface area (Å²) < 4.78 is 5.96. The van der Waals surface area contributed by atoms with Gasteiger partial charge in [-0.3, -0.25) is 9.59 Å². The number of nitrogens with two attached hydrogens (primary N) is 1. The van der Waals surface area contributed by atoms with Gasteiger partial charge in [0.25, 0.3) is 5.91 Å². The van der Waals surface area contributed by atoms with Crippen molar-refractivity contribution in [1.82, 2.24) is 10.2 Å². The van der Waals surface area contributed by atoms with Gasteiger partial charge >= 0.3 is 0 Å². The van der Waals surface area contributed by atoms with Crippen LogP contribution in [0, 0.1) is 5.92 Å². The molecule has 34 heavy (non-hydrogen) atoms. The van der Waals surface area contributed by atoms with Crippen molar-refractivity contribution >= 4 is 29.4 Å². The zero-order chi connectivity index (χ0) is 25.3. The number of nitrogens with one attached hydrogen (secondary N) is 1. The van der Waals surface area contributed by atoms with Crippen molar-refractivity contribution in [2.75, 3.05) is 19.6 Å². The molecular weight excluding hydrogens is 428 g/mol. The Labute approximate surface area is 204 Å². The van der Waals surface area contributed by atoms with Crippen LogP contribution in [0.25, 0.3) is 6.08 Å². The Morgan fingerprint density at radius 3 is 2.41 bits per heavy atom. The molecule has 2 atom stereocenters. The monoisotopic (exact) mass is 470 g/mol. The number of nitrogens with zero attached hydrogens (tertiary/aromatic N) is 2. The molecule has 188 valence electrons. The van der Waals surface area contributed by atoms with Crippen LogP contribution >= 0.6 is 0 Å². The highest BCUT2D eigenvalue weighted by Gasteiger charge is 2.21. The van der Waals surface area contributed by atoms with Crippen LogP contribution in [-0.2, 0) is 9.53 Å². The molecule has 0 saturated heterocycles. The summed E-state index contributed by atoms with van der Waals surface area (Å²) in [5.74, 6) is 0.739. The largest absolute Gasteiger partial charge is 0.387 e. The number of benzene rings is 1. The van der Waals surface area contributed by atoms with E-state index >= 15 is 0 Å². The van der Waals surface area contributed by atoms with Gasteiger partial charge in [-0.05, 0) is 57.2 Å². The predicted molar refractivity (Wildman–Crippen MR) is 139 cm³/mol. The number of rotatable bonds is 12. The minimum absolute atomic E-state index is 0.00259. The van der Waals surface area contributed by atoms with E-state index in [9.17, 15) is 9.59 Å². The first kappa shape index (κ1) is 27.6. The molecule has 0 aliphatic carbocycles. The van der Waals surface area contributed by atoms with E-state index in [1.807, 2.05) is 24.0 Å². The van der Waals surface area contributed by atoms with Crippen molar-refractivity contribution in [1.29, 1.82) is 0 Å². The number of amides is 2. The molecule has 0 bridgehead atoms. The molecule has 7 heteroatoms. The Bertz CT molecular complexity index is 901. The van der Waals surface area contributed by atoms with Crippen molar-refractivity contribution in [3.05, 3.63) is 34.9 Å². The summed E-state index contributed by atoms with van der Waals surface area (Å²) in [6.07, 6.45) is 4.99. The molecule has 3 N–H and O–H groups in total. The van der Waals surface area contributed by atoms with Crippen molar-refractivity contribution in [2.45, 2.75) is 79.4 Å². The number of amidine groups is 1. The number of ether oxygens (including phenoxy) is 1. The number of hydrogen-bond donors (Lipinski definition) is 2. The molecule has 1 aliphatic rings. The third kappa shape index (κ3) is 8.28. The van der Waals surface area contributed by atoms with Crippen LogP contribution in [0.2, 0.25) is 0 Å². The van der Waals surface area contributed by atoms with E-state index in [1.54, 1.807) is 12.1 Å². The van der Waals surface area contributed by atoms with Crippen LogP contribution in [0.5, 0.6) is 0 Å². The summed E-state index contributed by atoms with van der Waals surface area (Å²) in [5.41, 5.74) is 8.66. The second-order valence-corrected chi connectivity index (χ2v) is 9.61. The van der Waals surface area contributed by atoms with E-state index in [2.05, 4.69) is 44.9 Å². The lowest BCUT2D eigenvalue weighted by atomic mass is 10.0. The van der Waals surface area contributed by atoms with Gasteiger partial charge in [-0.1, -0.05) is 33.8 Å². The van der Waals surface area contributed by atoms with Crippen molar-refractivity contribution in [3.63, 3.8) is 0 Å². The molecule has 0 aromatic heterocycles. The Morgan fingerprint density at radius 1 is 1.12 bits per heavy atom. The zero-order valence-corrected chi connectivity index (χ0v) is 21.7. The quantitative estimate of drug-likeness (QED) is 0.463. The number of aliphatic imine (C=N–C) groups is 1. The van der Waals surface area contributed by atoms with Gasteiger partial charge in [-0.15, -0.1) is 0 Å². The smallest absolute Gasteiger partial charge is 0.251 e. The van der Waals surface area contributed by atoms with Crippen LogP contribution in [0.3, 0.4) is 0 Å². The molecule has 2 rings (SSSR count). The zero-order valence-electron chi connectivity index (χ0n) is 21.7. The Balaban J connectivity index is 2.12. The van der Waals surface area contributed by atoms with Gasteiger partial charge in [-0.2, -0.15) is 0 Å². The van der Waals surface area contributed by atoms with Crippen LogP contribution in [-0.4, -0.2) is 54.4 Å². The molecule has 1 aliphatic heterocycles. The van der Waals surface area contributed by atoms with Gasteiger partial charge in [0.2, 0.25) is 5.91 Å². The molecule has 1 aromatic carbocycles. The van der Waals surface area contributed by atoms with Crippen LogP contribution < -0.4 is 11.1 Å². The second kappa shape index (κ2) is 13.3. The summed E-state index contributed by atoms with van der Waals surface area (Å²) in [5, 5.41) is 2.94. The Hall–Kier alpha value is -2.67. The predicted octanol–water partition coefficient (Wildman–Crippen LogP) is 4.68. The van der Waals surface area contributed by atoms with Crippen molar-refractivity contribution < 1.29 is 14.3 Å². The number of fused-ring (bicyclic) bond motifs is 1. The molecule has 0 saturated carbocycles. The standard InChI is InChI=1S/C27H42N4O3/c1-7-11-31(12-8-2)27(33)23-14-21-9-10-22(15-24(21)30-25(28)16-23)26(32)29-17-20(6)34-19(5)13-18(3)4/h9-10,14-15,18-20H,7-8,11-13,16-17H2,1-6H3,(H2,28,30)(H,29,32)/t19-,20+/m0/s1. The van der Waals surface area contributed by atoms with Gasteiger partial charge in [0.05, 0.1) is 17.9 Å². The maximum Gasteiger partial charge on any atom is 0.251 e. The number of carbonyl (C=O) groups is 2. The molecule has 2 amide bonds. The van der Waals surface area contributed by atoms with E-state index in [-0.39, 0.29) is 24.0 Å². The third-order valence-electron chi connectivity index (χ3n) is 5.62. The maximum atomic E-state index is 13.1. The lowest BCUT2D eigenvalue weighted by molar-refractivity contribution is -0.127. The molecular formula is C27H42N4O3. The maximum absolute atomic E-state index is 13.1. The molecule has 0 radical (unpaired) electrons. The average Bonchev–Trinajstić information content (AvgIpc) is 2.93. The van der Waals surface area contributed by atoms with Crippen LogP contribution in [0.4, 0.5) is 5.69 Å². The van der Waals surface area contributed by atoms with Gasteiger partial charge in [-0.25, -0.2) is 4.99 Å². The van der Waals surface area contributed by atoms with E-state index in [1.165, 1.54) is 0 Å². The first-order valence-corrected chi connectivity index (χ1v) is 12.5. The lowest BCUT2D eigenvalue weighted by Crippen LogP contribution is -2.34. The molecule has 0 spiro atoms. The van der Waals surface area contributed by atoms with Gasteiger partial charge < -0.3 is 20.7 Å².